The number of hydrogen-bond donors (Lipinski definition) is 0. The van der Waals surface area contributed by atoms with Gasteiger partial charge in [-0.25, -0.2) is 4.98 Å². The quantitative estimate of drug-likeness (QED) is 0.120. The van der Waals surface area contributed by atoms with Crippen molar-refractivity contribution in [2.75, 3.05) is 0 Å². The molecule has 0 saturated carbocycles. The maximum Gasteiger partial charge on any atom is 0.0788 e. The van der Waals surface area contributed by atoms with E-state index in [2.05, 4.69) is 273 Å². The Morgan fingerprint density at radius 3 is 1.45 bits per heavy atom. The maximum absolute atomic E-state index is 5.61. The molecular weight excluding hydrogens is 879 g/mol. The molecule has 0 aliphatic heterocycles. The molecule has 1 aliphatic carbocycles. The van der Waals surface area contributed by atoms with Gasteiger partial charge in [0.1, 0.15) is 0 Å². The van der Waals surface area contributed by atoms with Crippen LogP contribution in [0.25, 0.3) is 121 Å². The number of benzene rings is 13. The third-order valence-corrected chi connectivity index (χ3v) is 15.8. The highest BCUT2D eigenvalue weighted by Gasteiger charge is 2.46. The molecule has 14 aromatic rings. The molecule has 1 aliphatic rings. The molecule has 338 valence electrons. The van der Waals surface area contributed by atoms with E-state index in [0.29, 0.717) is 0 Å². The van der Waals surface area contributed by atoms with Crippen molar-refractivity contribution in [3.05, 3.63) is 295 Å². The van der Waals surface area contributed by atoms with Crippen molar-refractivity contribution in [2.45, 2.75) is 5.41 Å². The van der Waals surface area contributed by atoms with E-state index in [1.54, 1.807) is 0 Å². The molecule has 13 aromatic carbocycles. The van der Waals surface area contributed by atoms with Gasteiger partial charge in [-0.1, -0.05) is 231 Å². The minimum absolute atomic E-state index is 0.531. The van der Waals surface area contributed by atoms with E-state index in [9.17, 15) is 0 Å². The summed E-state index contributed by atoms with van der Waals surface area (Å²) in [7, 11) is 0. The Balaban J connectivity index is 0.975. The first-order chi connectivity index (χ1) is 36.2. The number of pyridine rings is 1. The van der Waals surface area contributed by atoms with Gasteiger partial charge >= 0.3 is 0 Å². The molecule has 0 radical (unpaired) electrons. The average molecular weight is 924 g/mol. The monoisotopic (exact) mass is 923 g/mol. The zero-order valence-electron chi connectivity index (χ0n) is 39.9. The minimum Gasteiger partial charge on any atom is -0.247 e. The van der Waals surface area contributed by atoms with Crippen molar-refractivity contribution >= 4 is 64.8 Å². The standard InChI is InChI=1S/C72H45N/c1-3-24-55(25-4-1)72(56-26-5-2-6-27-56)66-32-15-13-28-57(66)63-44-62-58-29-14-16-33-68(58)73-71(65(62)45-67(63)72)54-23-17-22-50(42-54)51-38-39-61-64(43-51)70(53-37-35-47-19-8-10-21-49(47)41-53)60-31-12-11-30-59(60)69(61)52-36-34-46-18-7-9-20-48(46)40-52/h1-45H. The van der Waals surface area contributed by atoms with E-state index >= 15 is 0 Å². The van der Waals surface area contributed by atoms with E-state index in [0.717, 1.165) is 38.7 Å². The van der Waals surface area contributed by atoms with Crippen LogP contribution in [-0.2, 0) is 5.41 Å². The van der Waals surface area contributed by atoms with Crippen LogP contribution in [0.1, 0.15) is 22.3 Å². The highest BCUT2D eigenvalue weighted by atomic mass is 14.7. The van der Waals surface area contributed by atoms with Crippen LogP contribution in [0.3, 0.4) is 0 Å². The van der Waals surface area contributed by atoms with Crippen molar-refractivity contribution in [1.82, 2.24) is 4.98 Å². The summed E-state index contributed by atoms with van der Waals surface area (Å²) in [5.74, 6) is 0. The largest absolute Gasteiger partial charge is 0.247 e. The molecule has 0 bridgehead atoms. The number of para-hydroxylation sites is 1. The number of fused-ring (bicyclic) bond motifs is 10. The van der Waals surface area contributed by atoms with Gasteiger partial charge in [-0.2, -0.15) is 0 Å². The fourth-order valence-corrected chi connectivity index (χ4v) is 12.6. The van der Waals surface area contributed by atoms with Gasteiger partial charge < -0.3 is 0 Å². The Kier molecular flexibility index (Phi) is 9.24. The molecule has 0 fully saturated rings. The summed E-state index contributed by atoms with van der Waals surface area (Å²) in [6, 6.07) is 101. The van der Waals surface area contributed by atoms with Crippen LogP contribution in [0.15, 0.2) is 273 Å². The molecular formula is C72H45N. The maximum atomic E-state index is 5.61. The smallest absolute Gasteiger partial charge is 0.0788 e. The van der Waals surface area contributed by atoms with Crippen molar-refractivity contribution < 1.29 is 0 Å². The van der Waals surface area contributed by atoms with Crippen LogP contribution in [0.5, 0.6) is 0 Å². The summed E-state index contributed by atoms with van der Waals surface area (Å²) in [6.07, 6.45) is 0. The van der Waals surface area contributed by atoms with Crippen LogP contribution in [0.4, 0.5) is 0 Å². The zero-order valence-corrected chi connectivity index (χ0v) is 39.9. The summed E-state index contributed by atoms with van der Waals surface area (Å²) >= 11 is 0. The Morgan fingerprint density at radius 2 is 0.767 bits per heavy atom. The van der Waals surface area contributed by atoms with Gasteiger partial charge in [0, 0.05) is 16.3 Å². The summed E-state index contributed by atoms with van der Waals surface area (Å²) in [6.45, 7) is 0. The van der Waals surface area contributed by atoms with Crippen molar-refractivity contribution in [3.8, 4) is 55.8 Å². The van der Waals surface area contributed by atoms with Crippen LogP contribution in [0, 0.1) is 0 Å². The third-order valence-electron chi connectivity index (χ3n) is 15.8. The number of hydrogen-bond acceptors (Lipinski definition) is 1. The molecule has 0 amide bonds. The molecule has 1 heteroatoms. The summed E-state index contributed by atoms with van der Waals surface area (Å²) in [5.41, 5.74) is 17.3. The molecule has 1 heterocycles. The predicted octanol–water partition coefficient (Wildman–Crippen LogP) is 19.0. The van der Waals surface area contributed by atoms with E-state index in [1.807, 2.05) is 0 Å². The van der Waals surface area contributed by atoms with E-state index in [-0.39, 0.29) is 0 Å². The lowest BCUT2D eigenvalue weighted by Gasteiger charge is -2.34. The fourth-order valence-electron chi connectivity index (χ4n) is 12.6. The lowest BCUT2D eigenvalue weighted by atomic mass is 9.67. The van der Waals surface area contributed by atoms with Crippen molar-refractivity contribution in [2.24, 2.45) is 0 Å². The van der Waals surface area contributed by atoms with E-state index < -0.39 is 5.41 Å². The van der Waals surface area contributed by atoms with E-state index in [4.69, 9.17) is 4.98 Å². The first-order valence-electron chi connectivity index (χ1n) is 25.3. The van der Waals surface area contributed by atoms with Gasteiger partial charge in [0.15, 0.2) is 0 Å². The highest BCUT2D eigenvalue weighted by molar-refractivity contribution is 6.23. The second-order valence-corrected chi connectivity index (χ2v) is 19.7. The summed E-state index contributed by atoms with van der Waals surface area (Å²) < 4.78 is 0. The Morgan fingerprint density at radius 1 is 0.247 bits per heavy atom. The molecule has 0 atom stereocenters. The molecule has 73 heavy (non-hydrogen) atoms. The first-order valence-corrected chi connectivity index (χ1v) is 25.3. The number of aromatic nitrogens is 1. The summed E-state index contributed by atoms with van der Waals surface area (Å²) in [5, 5.41) is 13.4. The second kappa shape index (κ2) is 16.3. The lowest BCUT2D eigenvalue weighted by molar-refractivity contribution is 0.769. The van der Waals surface area contributed by atoms with Crippen molar-refractivity contribution in [1.29, 1.82) is 0 Å². The molecule has 15 rings (SSSR count). The van der Waals surface area contributed by atoms with E-state index in [1.165, 1.54) is 104 Å². The molecule has 1 nitrogen and oxygen atoms in total. The molecule has 0 spiro atoms. The van der Waals surface area contributed by atoms with Gasteiger partial charge in [0.05, 0.1) is 16.6 Å². The third kappa shape index (κ3) is 6.32. The van der Waals surface area contributed by atoms with Gasteiger partial charge in [-0.05, 0) is 158 Å². The van der Waals surface area contributed by atoms with Gasteiger partial charge in [-0.3, -0.25) is 0 Å². The Bertz CT molecular complexity index is 4510. The predicted molar refractivity (Wildman–Crippen MR) is 308 cm³/mol. The average Bonchev–Trinajstić information content (AvgIpc) is 3.75. The Labute approximate surface area is 423 Å². The zero-order chi connectivity index (χ0) is 48.0. The first kappa shape index (κ1) is 41.4. The van der Waals surface area contributed by atoms with Crippen LogP contribution in [0.2, 0.25) is 0 Å². The summed E-state index contributed by atoms with van der Waals surface area (Å²) in [4.78, 5) is 5.61. The SMILES string of the molecule is c1ccc(C2(c3ccccc3)c3ccccc3-c3cc4c(cc32)c(-c2cccc(-c3ccc5c(-c6ccc7ccccc7c6)c6ccccc6c(-c6ccc7ccccc7c6)c5c3)c2)nc2ccccc24)cc1. The normalized spacial score (nSPS) is 12.8. The Hall–Kier alpha value is -9.43. The second-order valence-electron chi connectivity index (χ2n) is 19.7. The van der Waals surface area contributed by atoms with Crippen LogP contribution in [-0.4, -0.2) is 4.98 Å². The van der Waals surface area contributed by atoms with Gasteiger partial charge in [-0.15, -0.1) is 0 Å². The van der Waals surface area contributed by atoms with Crippen molar-refractivity contribution in [3.63, 3.8) is 0 Å². The number of rotatable bonds is 6. The number of nitrogens with zero attached hydrogens (tertiary/aromatic N) is 1. The topological polar surface area (TPSA) is 12.9 Å². The lowest BCUT2D eigenvalue weighted by Crippen LogP contribution is -2.28. The van der Waals surface area contributed by atoms with Crippen LogP contribution < -0.4 is 0 Å². The molecule has 1 aromatic heterocycles. The fraction of sp³-hybridized carbons (Fsp3) is 0.0139. The molecule has 0 saturated heterocycles. The minimum atomic E-state index is -0.531. The van der Waals surface area contributed by atoms with Gasteiger partial charge in [0.25, 0.3) is 0 Å². The highest BCUT2D eigenvalue weighted by Crippen LogP contribution is 2.58. The molecule has 0 N–H and O–H groups in total. The van der Waals surface area contributed by atoms with Crippen LogP contribution >= 0.6 is 0 Å². The molecule has 0 unspecified atom stereocenters. The van der Waals surface area contributed by atoms with Gasteiger partial charge in [0.2, 0.25) is 0 Å².